The first-order chi connectivity index (χ1) is 13.6. The number of hydrogen-bond acceptors (Lipinski definition) is 7. The molecule has 148 valence electrons. The average Bonchev–Trinajstić information content (AvgIpc) is 3.32. The number of anilines is 1. The molecule has 0 aliphatic carbocycles. The lowest BCUT2D eigenvalue weighted by Crippen LogP contribution is -2.13. The lowest BCUT2D eigenvalue weighted by atomic mass is 10.3. The second-order valence-electron chi connectivity index (χ2n) is 5.96. The molecule has 3 rings (SSSR count). The molecular formula is C19H22N4O3S2. The van der Waals surface area contributed by atoms with Crippen molar-refractivity contribution in [2.45, 2.75) is 24.8 Å². The van der Waals surface area contributed by atoms with E-state index in [1.165, 1.54) is 16.6 Å². The summed E-state index contributed by atoms with van der Waals surface area (Å²) in [6.45, 7) is 2.76. The highest BCUT2D eigenvalue weighted by Crippen LogP contribution is 2.31. The van der Waals surface area contributed by atoms with Gasteiger partial charge in [0.2, 0.25) is 5.91 Å². The van der Waals surface area contributed by atoms with Crippen LogP contribution < -0.4 is 14.8 Å². The first-order valence-corrected chi connectivity index (χ1v) is 10.5. The van der Waals surface area contributed by atoms with Gasteiger partial charge < -0.3 is 14.8 Å². The van der Waals surface area contributed by atoms with Crippen LogP contribution in [0.25, 0.3) is 0 Å². The summed E-state index contributed by atoms with van der Waals surface area (Å²) in [7, 11) is 3.18. The van der Waals surface area contributed by atoms with E-state index in [2.05, 4.69) is 15.4 Å². The quantitative estimate of drug-likeness (QED) is 0.535. The number of carbonyl (C=O) groups excluding carboxylic acids is 1. The smallest absolute Gasteiger partial charge is 0.234 e. The number of methoxy groups -OCH3 is 2. The van der Waals surface area contributed by atoms with Crippen LogP contribution in [0.2, 0.25) is 0 Å². The van der Waals surface area contributed by atoms with E-state index < -0.39 is 0 Å². The molecule has 9 heteroatoms. The molecule has 0 atom stereocenters. The number of benzene rings is 1. The number of thiazole rings is 1. The lowest BCUT2D eigenvalue weighted by molar-refractivity contribution is -0.113. The van der Waals surface area contributed by atoms with Crippen molar-refractivity contribution >= 4 is 34.7 Å². The molecule has 0 aliphatic rings. The normalized spacial score (nSPS) is 10.7. The van der Waals surface area contributed by atoms with Gasteiger partial charge in [-0.05, 0) is 25.1 Å². The van der Waals surface area contributed by atoms with Crippen molar-refractivity contribution in [3.8, 4) is 11.5 Å². The highest BCUT2D eigenvalue weighted by molar-refractivity contribution is 8.00. The minimum Gasteiger partial charge on any atom is -0.493 e. The maximum atomic E-state index is 12.2. The van der Waals surface area contributed by atoms with E-state index in [0.29, 0.717) is 22.9 Å². The fourth-order valence-corrected chi connectivity index (χ4v) is 4.08. The minimum atomic E-state index is -0.0855. The van der Waals surface area contributed by atoms with Gasteiger partial charge in [-0.1, -0.05) is 0 Å². The number of nitrogens with zero attached hydrogens (tertiary/aromatic N) is 3. The largest absolute Gasteiger partial charge is 0.493 e. The van der Waals surface area contributed by atoms with Gasteiger partial charge in [0.1, 0.15) is 0 Å². The maximum Gasteiger partial charge on any atom is 0.234 e. The molecule has 0 saturated carbocycles. The molecule has 0 radical (unpaired) electrons. The lowest BCUT2D eigenvalue weighted by Gasteiger charge is -2.09. The van der Waals surface area contributed by atoms with E-state index >= 15 is 0 Å². The van der Waals surface area contributed by atoms with Crippen LogP contribution in [0.3, 0.4) is 0 Å². The highest BCUT2D eigenvalue weighted by atomic mass is 32.2. The monoisotopic (exact) mass is 418 g/mol. The van der Waals surface area contributed by atoms with Crippen LogP contribution in [0, 0.1) is 6.92 Å². The summed E-state index contributed by atoms with van der Waals surface area (Å²) in [6.07, 6.45) is 4.38. The van der Waals surface area contributed by atoms with Crippen LogP contribution in [-0.4, -0.2) is 40.6 Å². The first kappa shape index (κ1) is 20.2. The van der Waals surface area contributed by atoms with Crippen molar-refractivity contribution in [2.24, 2.45) is 0 Å². The zero-order valence-electron chi connectivity index (χ0n) is 16.0. The molecule has 28 heavy (non-hydrogen) atoms. The fraction of sp³-hybridized carbons (Fsp3) is 0.316. The molecule has 0 spiro atoms. The van der Waals surface area contributed by atoms with Crippen molar-refractivity contribution < 1.29 is 14.3 Å². The molecule has 1 aromatic carbocycles. The summed E-state index contributed by atoms with van der Waals surface area (Å²) in [4.78, 5) is 18.7. The number of nitrogens with one attached hydrogen (secondary N) is 1. The van der Waals surface area contributed by atoms with Gasteiger partial charge in [0, 0.05) is 28.9 Å². The summed E-state index contributed by atoms with van der Waals surface area (Å²) in [5.74, 6) is 1.51. The van der Waals surface area contributed by atoms with Crippen LogP contribution >= 0.6 is 23.1 Å². The number of ether oxygens (including phenoxy) is 2. The molecule has 0 bridgehead atoms. The van der Waals surface area contributed by atoms with Crippen LogP contribution in [0.5, 0.6) is 11.5 Å². The Morgan fingerprint density at radius 3 is 2.82 bits per heavy atom. The maximum absolute atomic E-state index is 12.2. The topological polar surface area (TPSA) is 78.3 Å². The van der Waals surface area contributed by atoms with Gasteiger partial charge in [-0.15, -0.1) is 23.1 Å². The van der Waals surface area contributed by atoms with Gasteiger partial charge in [-0.3, -0.25) is 9.48 Å². The number of aryl methyl sites for hydroxylation is 3. The van der Waals surface area contributed by atoms with E-state index in [1.54, 1.807) is 31.8 Å². The molecule has 3 aromatic rings. The third-order valence-corrected chi connectivity index (χ3v) is 6.04. The predicted molar refractivity (Wildman–Crippen MR) is 112 cm³/mol. The Morgan fingerprint density at radius 1 is 1.29 bits per heavy atom. The van der Waals surface area contributed by atoms with Gasteiger partial charge in [0.15, 0.2) is 11.5 Å². The van der Waals surface area contributed by atoms with E-state index in [0.717, 1.165) is 23.6 Å². The van der Waals surface area contributed by atoms with Gasteiger partial charge in [0.25, 0.3) is 0 Å². The van der Waals surface area contributed by atoms with Crippen LogP contribution in [0.4, 0.5) is 5.69 Å². The second kappa shape index (κ2) is 9.61. The summed E-state index contributed by atoms with van der Waals surface area (Å²) in [6, 6.07) is 5.59. The number of rotatable bonds is 9. The van der Waals surface area contributed by atoms with E-state index in [4.69, 9.17) is 9.47 Å². The van der Waals surface area contributed by atoms with E-state index in [1.807, 2.05) is 41.5 Å². The average molecular weight is 419 g/mol. The molecule has 0 fully saturated rings. The molecule has 0 unspecified atom stereocenters. The van der Waals surface area contributed by atoms with E-state index in [9.17, 15) is 4.79 Å². The molecule has 1 N–H and O–H groups in total. The molecule has 1 amide bonds. The van der Waals surface area contributed by atoms with Gasteiger partial charge in [-0.25, -0.2) is 4.98 Å². The van der Waals surface area contributed by atoms with Crippen molar-refractivity contribution in [3.05, 3.63) is 46.7 Å². The van der Waals surface area contributed by atoms with Crippen molar-refractivity contribution in [1.29, 1.82) is 0 Å². The van der Waals surface area contributed by atoms with Crippen molar-refractivity contribution in [2.75, 3.05) is 25.3 Å². The fourth-order valence-electron chi connectivity index (χ4n) is 2.58. The molecule has 2 heterocycles. The molecule has 7 nitrogen and oxygen atoms in total. The summed E-state index contributed by atoms with van der Waals surface area (Å²) in [5.41, 5.74) is 3.62. The Kier molecular flexibility index (Phi) is 6.94. The Hall–Kier alpha value is -2.52. The standard InChI is InChI=1S/C19H22N4O3S2/c1-13-18(28-12-20-13)6-7-23-10-14(9-21-23)22-19(24)11-27-15-4-5-16(25-2)17(8-15)26-3/h4-5,8-10,12H,6-7,11H2,1-3H3,(H,22,24). The van der Waals surface area contributed by atoms with Crippen molar-refractivity contribution in [1.82, 2.24) is 14.8 Å². The number of thioether (sulfide) groups is 1. The molecule has 2 aromatic heterocycles. The zero-order chi connectivity index (χ0) is 19.9. The van der Waals surface area contributed by atoms with Crippen molar-refractivity contribution in [3.63, 3.8) is 0 Å². The van der Waals surface area contributed by atoms with E-state index in [-0.39, 0.29) is 5.91 Å². The zero-order valence-corrected chi connectivity index (χ0v) is 17.6. The molecule has 0 saturated heterocycles. The second-order valence-corrected chi connectivity index (χ2v) is 7.94. The Labute approximate surface area is 172 Å². The molecular weight excluding hydrogens is 396 g/mol. The van der Waals surface area contributed by atoms with Crippen LogP contribution in [-0.2, 0) is 17.8 Å². The third kappa shape index (κ3) is 5.26. The van der Waals surface area contributed by atoms with Crippen LogP contribution in [0.1, 0.15) is 10.6 Å². The first-order valence-electron chi connectivity index (χ1n) is 8.65. The SMILES string of the molecule is COc1ccc(SCC(=O)Nc2cnn(CCc3scnc3C)c2)cc1OC. The van der Waals surface area contributed by atoms with Gasteiger partial charge >= 0.3 is 0 Å². The van der Waals surface area contributed by atoms with Gasteiger partial charge in [0.05, 0.1) is 43.1 Å². The number of carbonyl (C=O) groups is 1. The van der Waals surface area contributed by atoms with Gasteiger partial charge in [-0.2, -0.15) is 5.10 Å². The summed E-state index contributed by atoms with van der Waals surface area (Å²) >= 11 is 3.09. The summed E-state index contributed by atoms with van der Waals surface area (Å²) < 4.78 is 12.3. The number of amides is 1. The summed E-state index contributed by atoms with van der Waals surface area (Å²) in [5, 5.41) is 7.19. The number of hydrogen-bond donors (Lipinski definition) is 1. The Balaban J connectivity index is 1.49. The number of aromatic nitrogens is 3. The highest BCUT2D eigenvalue weighted by Gasteiger charge is 2.09. The molecule has 0 aliphatic heterocycles. The Bertz CT molecular complexity index is 939. The third-order valence-electron chi connectivity index (χ3n) is 4.05. The van der Waals surface area contributed by atoms with Crippen LogP contribution in [0.15, 0.2) is 41.0 Å². The Morgan fingerprint density at radius 2 is 2.11 bits per heavy atom. The predicted octanol–water partition coefficient (Wildman–Crippen LogP) is 3.64. The minimum absolute atomic E-state index is 0.0855.